The largest absolute Gasteiger partial charge is 0.490 e. The maximum Gasteiger partial charge on any atom is 0.490 e. The van der Waals surface area contributed by atoms with Crippen molar-refractivity contribution < 1.29 is 33.0 Å². The number of likely N-dealkylation sites (N-methyl/N-ethyl adjacent to an activating group) is 1. The van der Waals surface area contributed by atoms with Crippen LogP contribution in [0.3, 0.4) is 0 Å². The van der Waals surface area contributed by atoms with Gasteiger partial charge in [0.1, 0.15) is 6.04 Å². The molecule has 21 heavy (non-hydrogen) atoms. The monoisotopic (exact) mass is 308 g/mol. The van der Waals surface area contributed by atoms with Gasteiger partial charge in [-0.3, -0.25) is 4.79 Å². The van der Waals surface area contributed by atoms with Gasteiger partial charge in [0.15, 0.2) is 0 Å². The van der Waals surface area contributed by atoms with Crippen molar-refractivity contribution in [1.82, 2.24) is 5.32 Å². The summed E-state index contributed by atoms with van der Waals surface area (Å²) < 4.78 is 31.7. The first-order valence-electron chi connectivity index (χ1n) is 5.62. The number of anilines is 1. The number of hydrogen-bond acceptors (Lipinski definition) is 4. The number of carbonyl (C=O) groups is 2. The maximum absolute atomic E-state index is 10.7. The van der Waals surface area contributed by atoms with Gasteiger partial charge in [0.05, 0.1) is 0 Å². The summed E-state index contributed by atoms with van der Waals surface area (Å²) >= 11 is 0. The van der Waals surface area contributed by atoms with Crippen molar-refractivity contribution in [3.8, 4) is 0 Å². The van der Waals surface area contributed by atoms with Gasteiger partial charge >= 0.3 is 18.1 Å². The van der Waals surface area contributed by atoms with Gasteiger partial charge in [-0.1, -0.05) is 12.1 Å². The first kappa shape index (κ1) is 18.7. The van der Waals surface area contributed by atoms with Crippen molar-refractivity contribution >= 4 is 17.6 Å². The molecule has 118 valence electrons. The van der Waals surface area contributed by atoms with Gasteiger partial charge in [-0.2, -0.15) is 13.2 Å². The number of carboxylic acids is 2. The van der Waals surface area contributed by atoms with E-state index in [0.717, 1.165) is 5.56 Å². The Labute approximate surface area is 118 Å². The first-order valence-corrected chi connectivity index (χ1v) is 5.62. The van der Waals surface area contributed by atoms with Gasteiger partial charge in [-0.05, 0) is 31.2 Å². The van der Waals surface area contributed by atoms with Crippen LogP contribution in [0.15, 0.2) is 24.3 Å². The van der Waals surface area contributed by atoms with Crippen LogP contribution >= 0.6 is 0 Å². The highest BCUT2D eigenvalue weighted by Crippen LogP contribution is 2.13. The van der Waals surface area contributed by atoms with Crippen LogP contribution in [0.1, 0.15) is 5.56 Å². The van der Waals surface area contributed by atoms with Crippen LogP contribution in [-0.2, 0) is 16.0 Å². The molecule has 9 heteroatoms. The summed E-state index contributed by atoms with van der Waals surface area (Å²) in [5, 5.41) is 18.7. The van der Waals surface area contributed by atoms with Gasteiger partial charge in [0.2, 0.25) is 0 Å². The number of carboxylic acid groups (broad SMARTS) is 2. The Balaban J connectivity index is 0.000000486. The molecule has 0 saturated heterocycles. The summed E-state index contributed by atoms with van der Waals surface area (Å²) in [6, 6.07) is 6.66. The van der Waals surface area contributed by atoms with Crippen molar-refractivity contribution in [3.63, 3.8) is 0 Å². The van der Waals surface area contributed by atoms with Gasteiger partial charge in [-0.15, -0.1) is 0 Å². The molecule has 0 saturated carbocycles. The zero-order chi connectivity index (χ0) is 16.6. The lowest BCUT2D eigenvalue weighted by molar-refractivity contribution is -0.192. The zero-order valence-electron chi connectivity index (χ0n) is 11.0. The summed E-state index contributed by atoms with van der Waals surface area (Å²) in [5.74, 6) is -3.60. The van der Waals surface area contributed by atoms with Crippen molar-refractivity contribution in [1.29, 1.82) is 0 Å². The standard InChI is InChI=1S/C10H14N2O2.C2HF3O2/c1-12-9(10(13)14)6-7-2-4-8(11)5-3-7;3-2(4,5)1(6)7/h2-5,9,12H,6,11H2,1H3,(H,13,14);(H,6,7)/t9-;/m0./s1. The Hall–Kier alpha value is -2.29. The lowest BCUT2D eigenvalue weighted by Gasteiger charge is -2.10. The van der Waals surface area contributed by atoms with Crippen molar-refractivity contribution in [2.24, 2.45) is 0 Å². The summed E-state index contributed by atoms with van der Waals surface area (Å²) in [6.45, 7) is 0. The van der Waals surface area contributed by atoms with E-state index in [9.17, 15) is 18.0 Å². The minimum atomic E-state index is -5.08. The molecule has 1 atom stereocenters. The minimum absolute atomic E-state index is 0.464. The summed E-state index contributed by atoms with van der Waals surface area (Å²) in [4.78, 5) is 19.6. The number of nitrogen functional groups attached to an aromatic ring is 1. The second-order valence-electron chi connectivity index (χ2n) is 3.93. The molecule has 0 radical (unpaired) electrons. The number of hydrogen-bond donors (Lipinski definition) is 4. The van der Waals surface area contributed by atoms with Crippen LogP contribution in [0.4, 0.5) is 18.9 Å². The minimum Gasteiger partial charge on any atom is -0.480 e. The smallest absolute Gasteiger partial charge is 0.480 e. The number of benzene rings is 1. The number of alkyl halides is 3. The van der Waals surface area contributed by atoms with E-state index < -0.39 is 24.2 Å². The van der Waals surface area contributed by atoms with E-state index in [0.29, 0.717) is 12.1 Å². The van der Waals surface area contributed by atoms with Crippen LogP contribution in [0, 0.1) is 0 Å². The molecule has 0 heterocycles. The maximum atomic E-state index is 10.7. The Kier molecular flexibility index (Phi) is 7.22. The molecule has 0 aromatic heterocycles. The van der Waals surface area contributed by atoms with Crippen LogP contribution in [0.25, 0.3) is 0 Å². The van der Waals surface area contributed by atoms with Crippen molar-refractivity contribution in [2.45, 2.75) is 18.6 Å². The molecular formula is C12H15F3N2O4. The predicted molar refractivity (Wildman–Crippen MR) is 68.7 cm³/mol. The molecule has 5 N–H and O–H groups in total. The third kappa shape index (κ3) is 7.78. The van der Waals surface area contributed by atoms with E-state index in [2.05, 4.69) is 5.32 Å². The molecular weight excluding hydrogens is 293 g/mol. The number of nitrogens with one attached hydrogen (secondary N) is 1. The van der Waals surface area contributed by atoms with Gasteiger partial charge in [0, 0.05) is 5.69 Å². The van der Waals surface area contributed by atoms with Crippen LogP contribution in [-0.4, -0.2) is 41.4 Å². The third-order valence-electron chi connectivity index (χ3n) is 2.31. The van der Waals surface area contributed by atoms with E-state index in [-0.39, 0.29) is 0 Å². The summed E-state index contributed by atoms with van der Waals surface area (Å²) in [5.41, 5.74) is 7.16. The highest BCUT2D eigenvalue weighted by Gasteiger charge is 2.38. The third-order valence-corrected chi connectivity index (χ3v) is 2.31. The van der Waals surface area contributed by atoms with Crippen molar-refractivity contribution in [2.75, 3.05) is 12.8 Å². The molecule has 0 aliphatic rings. The highest BCUT2D eigenvalue weighted by molar-refractivity contribution is 5.74. The first-order chi connectivity index (χ1) is 9.57. The van der Waals surface area contributed by atoms with E-state index in [1.54, 1.807) is 19.2 Å². The Bertz CT molecular complexity index is 474. The van der Waals surface area contributed by atoms with Crippen LogP contribution in [0.5, 0.6) is 0 Å². The molecule has 6 nitrogen and oxygen atoms in total. The fourth-order valence-corrected chi connectivity index (χ4v) is 1.20. The molecule has 0 aliphatic carbocycles. The lowest BCUT2D eigenvalue weighted by Crippen LogP contribution is -2.35. The van der Waals surface area contributed by atoms with E-state index in [1.165, 1.54) is 0 Å². The van der Waals surface area contributed by atoms with Gasteiger partial charge < -0.3 is 21.3 Å². The number of nitrogens with two attached hydrogens (primary N) is 1. The molecule has 0 unspecified atom stereocenters. The van der Waals surface area contributed by atoms with Gasteiger partial charge in [-0.25, -0.2) is 4.79 Å². The number of halogens is 3. The normalized spacial score (nSPS) is 12.0. The molecule has 0 amide bonds. The van der Waals surface area contributed by atoms with Crippen LogP contribution in [0.2, 0.25) is 0 Å². The fraction of sp³-hybridized carbons (Fsp3) is 0.333. The Morgan fingerprint density at radius 2 is 1.67 bits per heavy atom. The number of rotatable bonds is 4. The molecule has 1 aromatic carbocycles. The number of aliphatic carboxylic acids is 2. The summed E-state index contributed by atoms with van der Waals surface area (Å²) in [6.07, 6.45) is -4.62. The molecule has 0 aliphatic heterocycles. The van der Waals surface area contributed by atoms with E-state index in [4.69, 9.17) is 20.7 Å². The zero-order valence-corrected chi connectivity index (χ0v) is 11.0. The average molecular weight is 308 g/mol. The van der Waals surface area contributed by atoms with E-state index in [1.807, 2.05) is 12.1 Å². The molecule has 1 aromatic rings. The predicted octanol–water partition coefficient (Wildman–Crippen LogP) is 1.12. The molecule has 0 spiro atoms. The SMILES string of the molecule is CN[C@@H](Cc1ccc(N)cc1)C(=O)O.O=C(O)C(F)(F)F. The molecule has 0 fully saturated rings. The molecule has 0 bridgehead atoms. The Morgan fingerprint density at radius 1 is 1.24 bits per heavy atom. The average Bonchev–Trinajstić information content (AvgIpc) is 2.37. The van der Waals surface area contributed by atoms with Crippen LogP contribution < -0.4 is 11.1 Å². The Morgan fingerprint density at radius 3 is 1.95 bits per heavy atom. The second-order valence-corrected chi connectivity index (χ2v) is 3.93. The quantitative estimate of drug-likeness (QED) is 0.620. The molecule has 1 rings (SSSR count). The van der Waals surface area contributed by atoms with Gasteiger partial charge in [0.25, 0.3) is 0 Å². The van der Waals surface area contributed by atoms with E-state index >= 15 is 0 Å². The fourth-order valence-electron chi connectivity index (χ4n) is 1.20. The van der Waals surface area contributed by atoms with Crippen molar-refractivity contribution in [3.05, 3.63) is 29.8 Å². The highest BCUT2D eigenvalue weighted by atomic mass is 19.4. The topological polar surface area (TPSA) is 113 Å². The second kappa shape index (κ2) is 8.10. The lowest BCUT2D eigenvalue weighted by atomic mass is 10.1. The summed E-state index contributed by atoms with van der Waals surface area (Å²) in [7, 11) is 1.64.